The molecule has 168 valence electrons. The highest BCUT2D eigenvalue weighted by Gasteiger charge is 2.31. The number of carbonyl (C=O) groups is 2. The van der Waals surface area contributed by atoms with Gasteiger partial charge in [0.1, 0.15) is 5.60 Å². The minimum atomic E-state index is -0.542. The van der Waals surface area contributed by atoms with Gasteiger partial charge in [0.25, 0.3) is 0 Å². The number of ether oxygens (including phenoxy) is 2. The van der Waals surface area contributed by atoms with Gasteiger partial charge in [-0.15, -0.1) is 11.3 Å². The topological polar surface area (TPSA) is 84.0 Å². The van der Waals surface area contributed by atoms with Crippen molar-refractivity contribution in [3.8, 4) is 0 Å². The van der Waals surface area contributed by atoms with Gasteiger partial charge in [-0.3, -0.25) is 9.69 Å². The molecule has 3 unspecified atom stereocenters. The van der Waals surface area contributed by atoms with Crippen LogP contribution in [-0.4, -0.2) is 70.8 Å². The number of rotatable bonds is 4. The summed E-state index contributed by atoms with van der Waals surface area (Å²) in [5.41, 5.74) is 0.412. The molecule has 8 nitrogen and oxygen atoms in total. The molecule has 1 aromatic heterocycles. The standard InChI is InChI=1S/C21H34N4O4S/c1-14-9-24(10-15(2)28-14)12-17-13-30-19(22-17)23-18(26)16-7-6-8-25(11-16)20(27)29-21(3,4)5/h13-16H,6-12H2,1-5H3,(H,22,23,26). The number of nitrogens with one attached hydrogen (secondary N) is 1. The second-order valence-electron chi connectivity index (χ2n) is 9.35. The summed E-state index contributed by atoms with van der Waals surface area (Å²) < 4.78 is 11.2. The van der Waals surface area contributed by atoms with E-state index in [0.717, 1.165) is 38.2 Å². The van der Waals surface area contributed by atoms with E-state index in [1.54, 1.807) is 4.90 Å². The molecule has 3 rings (SSSR count). The summed E-state index contributed by atoms with van der Waals surface area (Å²) in [4.78, 5) is 33.6. The molecule has 2 saturated heterocycles. The number of anilines is 1. The maximum absolute atomic E-state index is 12.8. The summed E-state index contributed by atoms with van der Waals surface area (Å²) in [5.74, 6) is -0.336. The van der Waals surface area contributed by atoms with Crippen molar-refractivity contribution in [2.24, 2.45) is 5.92 Å². The highest BCUT2D eigenvalue weighted by molar-refractivity contribution is 7.13. The van der Waals surface area contributed by atoms with Crippen LogP contribution in [0, 0.1) is 5.92 Å². The SMILES string of the molecule is CC1CN(Cc2csc(NC(=O)C3CCCN(C(=O)OC(C)(C)C)C3)n2)CC(C)O1. The van der Waals surface area contributed by atoms with Crippen LogP contribution in [0.2, 0.25) is 0 Å². The van der Waals surface area contributed by atoms with Gasteiger partial charge in [0.05, 0.1) is 23.8 Å². The largest absolute Gasteiger partial charge is 0.444 e. The lowest BCUT2D eigenvalue weighted by Gasteiger charge is -2.34. The van der Waals surface area contributed by atoms with Gasteiger partial charge in [-0.2, -0.15) is 0 Å². The van der Waals surface area contributed by atoms with Crippen molar-refractivity contribution in [1.29, 1.82) is 0 Å². The number of thiazole rings is 1. The van der Waals surface area contributed by atoms with E-state index in [1.807, 2.05) is 26.2 Å². The van der Waals surface area contributed by atoms with Gasteiger partial charge in [0.15, 0.2) is 5.13 Å². The Bertz CT molecular complexity index is 738. The molecule has 3 atom stereocenters. The number of morpholine rings is 1. The first-order valence-corrected chi connectivity index (χ1v) is 11.6. The highest BCUT2D eigenvalue weighted by Crippen LogP contribution is 2.23. The number of nitrogens with zero attached hydrogens (tertiary/aromatic N) is 3. The lowest BCUT2D eigenvalue weighted by molar-refractivity contribution is -0.121. The summed E-state index contributed by atoms with van der Waals surface area (Å²) in [6, 6.07) is 0. The first kappa shape index (κ1) is 23.0. The number of likely N-dealkylation sites (tertiary alicyclic amines) is 1. The zero-order valence-electron chi connectivity index (χ0n) is 18.6. The maximum atomic E-state index is 12.8. The Hall–Kier alpha value is -1.71. The Balaban J connectivity index is 1.51. The Morgan fingerprint density at radius 1 is 1.27 bits per heavy atom. The maximum Gasteiger partial charge on any atom is 0.410 e. The Morgan fingerprint density at radius 3 is 2.63 bits per heavy atom. The number of piperidine rings is 1. The molecular formula is C21H34N4O4S. The van der Waals surface area contributed by atoms with Gasteiger partial charge in [-0.05, 0) is 47.5 Å². The molecule has 2 fully saturated rings. The Kier molecular flexibility index (Phi) is 7.36. The van der Waals surface area contributed by atoms with E-state index in [-0.39, 0.29) is 30.1 Å². The summed E-state index contributed by atoms with van der Waals surface area (Å²) in [6.07, 6.45) is 1.61. The van der Waals surface area contributed by atoms with E-state index in [4.69, 9.17) is 9.47 Å². The third-order valence-electron chi connectivity index (χ3n) is 5.11. The van der Waals surface area contributed by atoms with Gasteiger partial charge in [-0.25, -0.2) is 9.78 Å². The van der Waals surface area contributed by atoms with Crippen LogP contribution in [-0.2, 0) is 20.8 Å². The zero-order chi connectivity index (χ0) is 21.9. The van der Waals surface area contributed by atoms with Crippen LogP contribution in [0.1, 0.15) is 53.2 Å². The van der Waals surface area contributed by atoms with Gasteiger partial charge >= 0.3 is 6.09 Å². The van der Waals surface area contributed by atoms with Crippen molar-refractivity contribution in [2.45, 2.75) is 71.8 Å². The van der Waals surface area contributed by atoms with Gasteiger partial charge in [0.2, 0.25) is 5.91 Å². The molecule has 0 bridgehead atoms. The van der Waals surface area contributed by atoms with Gasteiger partial charge in [0, 0.05) is 38.1 Å². The summed E-state index contributed by atoms with van der Waals surface area (Å²) >= 11 is 1.44. The fourth-order valence-electron chi connectivity index (χ4n) is 3.97. The average molecular weight is 439 g/mol. The smallest absolute Gasteiger partial charge is 0.410 e. The summed E-state index contributed by atoms with van der Waals surface area (Å²) in [6.45, 7) is 13.2. The predicted octanol–water partition coefficient (Wildman–Crippen LogP) is 3.34. The number of hydrogen-bond donors (Lipinski definition) is 1. The van der Waals surface area contributed by atoms with Crippen molar-refractivity contribution in [3.63, 3.8) is 0 Å². The molecule has 3 heterocycles. The minimum Gasteiger partial charge on any atom is -0.444 e. The van der Waals surface area contributed by atoms with E-state index in [2.05, 4.69) is 29.0 Å². The van der Waals surface area contributed by atoms with Crippen molar-refractivity contribution >= 4 is 28.5 Å². The monoisotopic (exact) mass is 438 g/mol. The van der Waals surface area contributed by atoms with Crippen LogP contribution in [0.5, 0.6) is 0 Å². The van der Waals surface area contributed by atoms with Crippen LogP contribution in [0.4, 0.5) is 9.93 Å². The van der Waals surface area contributed by atoms with Gasteiger partial charge in [-0.1, -0.05) is 0 Å². The van der Waals surface area contributed by atoms with Crippen molar-refractivity contribution in [3.05, 3.63) is 11.1 Å². The van der Waals surface area contributed by atoms with E-state index >= 15 is 0 Å². The van der Waals surface area contributed by atoms with Crippen LogP contribution < -0.4 is 5.32 Å². The quantitative estimate of drug-likeness (QED) is 0.776. The first-order valence-electron chi connectivity index (χ1n) is 10.7. The van der Waals surface area contributed by atoms with Crippen molar-refractivity contribution in [1.82, 2.24) is 14.8 Å². The van der Waals surface area contributed by atoms with Crippen LogP contribution >= 0.6 is 11.3 Å². The Labute approximate surface area is 182 Å². The molecule has 2 aliphatic heterocycles. The molecule has 0 aromatic carbocycles. The molecule has 2 amide bonds. The summed E-state index contributed by atoms with van der Waals surface area (Å²) in [7, 11) is 0. The third-order valence-corrected chi connectivity index (χ3v) is 5.91. The normalized spacial score (nSPS) is 25.8. The predicted molar refractivity (Wildman–Crippen MR) is 117 cm³/mol. The molecule has 1 aromatic rings. The molecule has 9 heteroatoms. The van der Waals surface area contributed by atoms with Crippen molar-refractivity contribution < 1.29 is 19.1 Å². The minimum absolute atomic E-state index is 0.0854. The Morgan fingerprint density at radius 2 is 1.97 bits per heavy atom. The van der Waals surface area contributed by atoms with E-state index in [1.165, 1.54) is 11.3 Å². The number of amides is 2. The lowest BCUT2D eigenvalue weighted by Crippen LogP contribution is -2.45. The summed E-state index contributed by atoms with van der Waals surface area (Å²) in [5, 5.41) is 5.55. The van der Waals surface area contributed by atoms with E-state index in [0.29, 0.717) is 18.2 Å². The molecule has 0 radical (unpaired) electrons. The molecule has 0 spiro atoms. The van der Waals surface area contributed by atoms with Crippen LogP contribution in [0.15, 0.2) is 5.38 Å². The van der Waals surface area contributed by atoms with Crippen molar-refractivity contribution in [2.75, 3.05) is 31.5 Å². The second-order valence-corrected chi connectivity index (χ2v) is 10.2. The van der Waals surface area contributed by atoms with E-state index in [9.17, 15) is 9.59 Å². The fourth-order valence-corrected chi connectivity index (χ4v) is 4.67. The molecule has 1 N–H and O–H groups in total. The number of aromatic nitrogens is 1. The number of hydrogen-bond acceptors (Lipinski definition) is 7. The van der Waals surface area contributed by atoms with Crippen LogP contribution in [0.3, 0.4) is 0 Å². The van der Waals surface area contributed by atoms with Crippen LogP contribution in [0.25, 0.3) is 0 Å². The van der Waals surface area contributed by atoms with E-state index < -0.39 is 5.60 Å². The lowest BCUT2D eigenvalue weighted by atomic mass is 9.97. The molecule has 30 heavy (non-hydrogen) atoms. The second kappa shape index (κ2) is 9.62. The zero-order valence-corrected chi connectivity index (χ0v) is 19.5. The number of carbonyl (C=O) groups excluding carboxylic acids is 2. The molecular weight excluding hydrogens is 404 g/mol. The van der Waals surface area contributed by atoms with Gasteiger partial charge < -0.3 is 19.7 Å². The molecule has 2 aliphatic rings. The molecule has 0 aliphatic carbocycles. The highest BCUT2D eigenvalue weighted by atomic mass is 32.1. The first-order chi connectivity index (χ1) is 14.1. The fraction of sp³-hybridized carbons (Fsp3) is 0.762. The third kappa shape index (κ3) is 6.65. The average Bonchev–Trinajstić information content (AvgIpc) is 3.06. The molecule has 0 saturated carbocycles.